The topological polar surface area (TPSA) is 58.2 Å². The van der Waals surface area contributed by atoms with Gasteiger partial charge in [0.2, 0.25) is 0 Å². The Morgan fingerprint density at radius 1 is 1.10 bits per heavy atom. The molecule has 0 radical (unpaired) electrons. The van der Waals surface area contributed by atoms with Gasteiger partial charge in [-0.05, 0) is 52.3 Å². The molecule has 2 amide bonds. The van der Waals surface area contributed by atoms with Gasteiger partial charge in [0.15, 0.2) is 0 Å². The van der Waals surface area contributed by atoms with Crippen LogP contribution in [0, 0.1) is 0 Å². The largest absolute Gasteiger partial charge is 0.355 e. The second-order valence-electron chi connectivity index (χ2n) is 4.24. The van der Waals surface area contributed by atoms with Crippen molar-refractivity contribution in [2.24, 2.45) is 0 Å². The minimum absolute atomic E-state index is 0.209. The average molecular weight is 368 g/mol. The Labute approximate surface area is 135 Å². The van der Waals surface area contributed by atoms with Gasteiger partial charge in [0.1, 0.15) is 0 Å². The third kappa shape index (κ3) is 3.83. The summed E-state index contributed by atoms with van der Waals surface area (Å²) in [5.74, 6) is -0.494. The number of hydrogen-bond donors (Lipinski definition) is 2. The SMILES string of the molecule is CNC(=O)c1cccc(NC(=O)c2ccc(Cl)cc2Br)c1. The second kappa shape index (κ2) is 6.74. The zero-order valence-electron chi connectivity index (χ0n) is 11.1. The molecule has 0 saturated carbocycles. The fourth-order valence-electron chi connectivity index (χ4n) is 1.75. The van der Waals surface area contributed by atoms with Crippen molar-refractivity contribution in [2.75, 3.05) is 12.4 Å². The fourth-order valence-corrected chi connectivity index (χ4v) is 2.62. The number of anilines is 1. The monoisotopic (exact) mass is 366 g/mol. The summed E-state index contributed by atoms with van der Waals surface area (Å²) in [5, 5.41) is 5.82. The Morgan fingerprint density at radius 3 is 2.52 bits per heavy atom. The number of benzene rings is 2. The first kappa shape index (κ1) is 15.5. The highest BCUT2D eigenvalue weighted by molar-refractivity contribution is 9.10. The van der Waals surface area contributed by atoms with Crippen LogP contribution in [0.25, 0.3) is 0 Å². The number of halogens is 2. The molecule has 21 heavy (non-hydrogen) atoms. The van der Waals surface area contributed by atoms with E-state index in [2.05, 4.69) is 26.6 Å². The molecule has 2 aromatic rings. The summed E-state index contributed by atoms with van der Waals surface area (Å²) in [6, 6.07) is 11.6. The van der Waals surface area contributed by atoms with E-state index in [1.165, 1.54) is 0 Å². The van der Waals surface area contributed by atoms with Gasteiger partial charge in [-0.3, -0.25) is 9.59 Å². The van der Waals surface area contributed by atoms with Crippen LogP contribution in [0.15, 0.2) is 46.9 Å². The molecule has 0 atom stereocenters. The van der Waals surface area contributed by atoms with Gasteiger partial charge in [-0.2, -0.15) is 0 Å². The number of nitrogens with one attached hydrogen (secondary N) is 2. The number of hydrogen-bond acceptors (Lipinski definition) is 2. The maximum atomic E-state index is 12.2. The van der Waals surface area contributed by atoms with Crippen LogP contribution in [0.1, 0.15) is 20.7 Å². The van der Waals surface area contributed by atoms with Crippen LogP contribution in [0.4, 0.5) is 5.69 Å². The molecule has 0 aliphatic carbocycles. The molecule has 6 heteroatoms. The van der Waals surface area contributed by atoms with E-state index in [9.17, 15) is 9.59 Å². The average Bonchev–Trinajstić information content (AvgIpc) is 2.46. The molecule has 0 aliphatic heterocycles. The highest BCUT2D eigenvalue weighted by Crippen LogP contribution is 2.22. The van der Waals surface area contributed by atoms with Crippen molar-refractivity contribution in [3.05, 3.63) is 63.1 Å². The van der Waals surface area contributed by atoms with Crippen molar-refractivity contribution in [3.8, 4) is 0 Å². The Morgan fingerprint density at radius 2 is 1.86 bits per heavy atom. The van der Waals surface area contributed by atoms with Crippen molar-refractivity contribution in [3.63, 3.8) is 0 Å². The Kier molecular flexibility index (Phi) is 4.98. The Hall–Kier alpha value is -1.85. The highest BCUT2D eigenvalue weighted by Gasteiger charge is 2.11. The number of carbonyl (C=O) groups excluding carboxylic acids is 2. The first-order chi connectivity index (χ1) is 10.0. The zero-order valence-corrected chi connectivity index (χ0v) is 13.5. The molecule has 0 aromatic heterocycles. The second-order valence-corrected chi connectivity index (χ2v) is 5.53. The molecule has 0 aliphatic rings. The lowest BCUT2D eigenvalue weighted by Gasteiger charge is -2.08. The van der Waals surface area contributed by atoms with Gasteiger partial charge < -0.3 is 10.6 Å². The molecule has 0 heterocycles. The normalized spacial score (nSPS) is 10.0. The maximum absolute atomic E-state index is 12.2. The molecule has 108 valence electrons. The van der Waals surface area contributed by atoms with Crippen LogP contribution in [-0.4, -0.2) is 18.9 Å². The van der Waals surface area contributed by atoms with E-state index in [0.717, 1.165) is 0 Å². The molecule has 2 aromatic carbocycles. The van der Waals surface area contributed by atoms with E-state index < -0.39 is 0 Å². The van der Waals surface area contributed by atoms with E-state index >= 15 is 0 Å². The number of rotatable bonds is 3. The number of amides is 2. The lowest BCUT2D eigenvalue weighted by atomic mass is 10.1. The highest BCUT2D eigenvalue weighted by atomic mass is 79.9. The van der Waals surface area contributed by atoms with Gasteiger partial charge in [0, 0.05) is 27.8 Å². The standard InChI is InChI=1S/C15H12BrClN2O2/c1-18-14(20)9-3-2-4-11(7-9)19-15(21)12-6-5-10(17)8-13(12)16/h2-8H,1H3,(H,18,20)(H,19,21). The molecular weight excluding hydrogens is 356 g/mol. The van der Waals surface area contributed by atoms with Gasteiger partial charge in [-0.15, -0.1) is 0 Å². The molecule has 0 spiro atoms. The molecular formula is C15H12BrClN2O2. The molecule has 0 fully saturated rings. The molecule has 0 saturated heterocycles. The molecule has 4 nitrogen and oxygen atoms in total. The smallest absolute Gasteiger partial charge is 0.256 e. The molecule has 0 unspecified atom stereocenters. The van der Waals surface area contributed by atoms with Crippen LogP contribution in [-0.2, 0) is 0 Å². The van der Waals surface area contributed by atoms with E-state index in [1.54, 1.807) is 49.5 Å². The van der Waals surface area contributed by atoms with E-state index in [-0.39, 0.29) is 11.8 Å². The van der Waals surface area contributed by atoms with Crippen LogP contribution in [0.5, 0.6) is 0 Å². The summed E-state index contributed by atoms with van der Waals surface area (Å²) in [6.45, 7) is 0. The summed E-state index contributed by atoms with van der Waals surface area (Å²) in [7, 11) is 1.55. The third-order valence-electron chi connectivity index (χ3n) is 2.79. The fraction of sp³-hybridized carbons (Fsp3) is 0.0667. The van der Waals surface area contributed by atoms with Crippen molar-refractivity contribution in [1.29, 1.82) is 0 Å². The van der Waals surface area contributed by atoms with Crippen LogP contribution >= 0.6 is 27.5 Å². The van der Waals surface area contributed by atoms with Crippen molar-refractivity contribution >= 4 is 45.0 Å². The molecule has 0 bridgehead atoms. The summed E-state index contributed by atoms with van der Waals surface area (Å²) in [5.41, 5.74) is 1.48. The van der Waals surface area contributed by atoms with Crippen molar-refractivity contribution in [2.45, 2.75) is 0 Å². The van der Waals surface area contributed by atoms with Crippen molar-refractivity contribution < 1.29 is 9.59 Å². The Balaban J connectivity index is 2.21. The molecule has 2 N–H and O–H groups in total. The predicted molar refractivity (Wildman–Crippen MR) is 86.9 cm³/mol. The van der Waals surface area contributed by atoms with Gasteiger partial charge in [0.05, 0.1) is 5.56 Å². The van der Waals surface area contributed by atoms with Crippen LogP contribution in [0.2, 0.25) is 5.02 Å². The minimum atomic E-state index is -0.285. The van der Waals surface area contributed by atoms with Crippen LogP contribution < -0.4 is 10.6 Å². The predicted octanol–water partition coefficient (Wildman–Crippen LogP) is 3.71. The third-order valence-corrected chi connectivity index (χ3v) is 3.68. The summed E-state index contributed by atoms with van der Waals surface area (Å²) < 4.78 is 0.606. The maximum Gasteiger partial charge on any atom is 0.256 e. The summed E-state index contributed by atoms with van der Waals surface area (Å²) in [6.07, 6.45) is 0. The lowest BCUT2D eigenvalue weighted by Crippen LogP contribution is -2.18. The first-order valence-corrected chi connectivity index (χ1v) is 7.27. The summed E-state index contributed by atoms with van der Waals surface area (Å²) in [4.78, 5) is 23.8. The van der Waals surface area contributed by atoms with E-state index in [0.29, 0.717) is 26.3 Å². The lowest BCUT2D eigenvalue weighted by molar-refractivity contribution is 0.0961. The number of carbonyl (C=O) groups is 2. The van der Waals surface area contributed by atoms with Gasteiger partial charge in [-0.25, -0.2) is 0 Å². The van der Waals surface area contributed by atoms with Crippen molar-refractivity contribution in [1.82, 2.24) is 5.32 Å². The van der Waals surface area contributed by atoms with E-state index in [1.807, 2.05) is 0 Å². The summed E-state index contributed by atoms with van der Waals surface area (Å²) >= 11 is 9.15. The minimum Gasteiger partial charge on any atom is -0.355 e. The molecule has 2 rings (SSSR count). The quantitative estimate of drug-likeness (QED) is 0.869. The first-order valence-electron chi connectivity index (χ1n) is 6.10. The van der Waals surface area contributed by atoms with Crippen LogP contribution in [0.3, 0.4) is 0 Å². The van der Waals surface area contributed by atoms with E-state index in [4.69, 9.17) is 11.6 Å². The Bertz CT molecular complexity index is 704. The van der Waals surface area contributed by atoms with Gasteiger partial charge >= 0.3 is 0 Å². The van der Waals surface area contributed by atoms with Gasteiger partial charge in [0.25, 0.3) is 11.8 Å². The zero-order chi connectivity index (χ0) is 15.4. The van der Waals surface area contributed by atoms with Gasteiger partial charge in [-0.1, -0.05) is 17.7 Å².